The largest absolute Gasteiger partial charge is 0.345 e. The number of hydrogen-bond acceptors (Lipinski definition) is 3. The van der Waals surface area contributed by atoms with Crippen LogP contribution in [0.1, 0.15) is 37.2 Å². The number of H-pyrrole nitrogens is 1. The van der Waals surface area contributed by atoms with Crippen LogP contribution in [0.4, 0.5) is 0 Å². The Kier molecular flexibility index (Phi) is 4.57. The molecule has 4 heteroatoms. The van der Waals surface area contributed by atoms with Gasteiger partial charge in [0.2, 0.25) is 0 Å². The van der Waals surface area contributed by atoms with Gasteiger partial charge in [-0.2, -0.15) is 0 Å². The van der Waals surface area contributed by atoms with E-state index in [0.29, 0.717) is 0 Å². The van der Waals surface area contributed by atoms with Crippen molar-refractivity contribution >= 4 is 0 Å². The first kappa shape index (κ1) is 12.6. The van der Waals surface area contributed by atoms with Crippen molar-refractivity contribution < 1.29 is 0 Å². The van der Waals surface area contributed by atoms with E-state index in [4.69, 9.17) is 0 Å². The summed E-state index contributed by atoms with van der Waals surface area (Å²) in [6.45, 7) is 5.06. The third kappa shape index (κ3) is 3.82. The molecule has 17 heavy (non-hydrogen) atoms. The van der Waals surface area contributed by atoms with Crippen LogP contribution in [0.15, 0.2) is 6.20 Å². The van der Waals surface area contributed by atoms with Crippen molar-refractivity contribution in [3.8, 4) is 0 Å². The summed E-state index contributed by atoms with van der Waals surface area (Å²) in [7, 11) is 2.25. The van der Waals surface area contributed by atoms with Gasteiger partial charge in [-0.1, -0.05) is 12.8 Å². The SMILES string of the molecule is Cc1ncc(CNCCN(C)C2CCCC2)[nH]1. The summed E-state index contributed by atoms with van der Waals surface area (Å²) in [5.41, 5.74) is 1.17. The minimum atomic E-state index is 0.825. The molecule has 2 N–H and O–H groups in total. The average Bonchev–Trinajstić information content (AvgIpc) is 2.95. The molecular formula is C13H24N4. The van der Waals surface area contributed by atoms with E-state index in [0.717, 1.165) is 31.5 Å². The Morgan fingerprint density at radius 1 is 1.47 bits per heavy atom. The maximum Gasteiger partial charge on any atom is 0.103 e. The normalized spacial score (nSPS) is 17.1. The first-order chi connectivity index (χ1) is 8.25. The van der Waals surface area contributed by atoms with Gasteiger partial charge in [-0.05, 0) is 26.8 Å². The van der Waals surface area contributed by atoms with Gasteiger partial charge in [-0.15, -0.1) is 0 Å². The summed E-state index contributed by atoms with van der Waals surface area (Å²) in [5.74, 6) is 0.991. The van der Waals surface area contributed by atoms with E-state index in [2.05, 4.69) is 27.2 Å². The molecule has 1 heterocycles. The van der Waals surface area contributed by atoms with Crippen LogP contribution in [0.5, 0.6) is 0 Å². The highest BCUT2D eigenvalue weighted by molar-refractivity contribution is 4.99. The second-order valence-corrected chi connectivity index (χ2v) is 5.09. The molecule has 0 atom stereocenters. The maximum absolute atomic E-state index is 4.19. The molecule has 96 valence electrons. The monoisotopic (exact) mass is 236 g/mol. The van der Waals surface area contributed by atoms with Gasteiger partial charge in [0.05, 0.1) is 0 Å². The Hall–Kier alpha value is -0.870. The highest BCUT2D eigenvalue weighted by Gasteiger charge is 2.18. The number of hydrogen-bond donors (Lipinski definition) is 2. The first-order valence-corrected chi connectivity index (χ1v) is 6.67. The van der Waals surface area contributed by atoms with Crippen molar-refractivity contribution in [2.75, 3.05) is 20.1 Å². The molecule has 0 aromatic carbocycles. The highest BCUT2D eigenvalue weighted by atomic mass is 15.1. The summed E-state index contributed by atoms with van der Waals surface area (Å²) < 4.78 is 0. The maximum atomic E-state index is 4.19. The predicted molar refractivity (Wildman–Crippen MR) is 69.9 cm³/mol. The number of aromatic amines is 1. The molecule has 1 aliphatic carbocycles. The van der Waals surface area contributed by atoms with Crippen molar-refractivity contribution in [3.05, 3.63) is 17.7 Å². The van der Waals surface area contributed by atoms with Crippen LogP contribution < -0.4 is 5.32 Å². The molecule has 0 aliphatic heterocycles. The number of rotatable bonds is 6. The molecule has 0 saturated heterocycles. The second kappa shape index (κ2) is 6.17. The molecule has 1 fully saturated rings. The first-order valence-electron chi connectivity index (χ1n) is 6.67. The van der Waals surface area contributed by atoms with Crippen LogP contribution in [-0.2, 0) is 6.54 Å². The van der Waals surface area contributed by atoms with Crippen molar-refractivity contribution in [3.63, 3.8) is 0 Å². The molecule has 4 nitrogen and oxygen atoms in total. The standard InChI is InChI=1S/C13H24N4/c1-11-15-10-12(16-11)9-14-7-8-17(2)13-5-3-4-6-13/h10,13-14H,3-9H2,1-2H3,(H,15,16). The van der Waals surface area contributed by atoms with E-state index in [9.17, 15) is 0 Å². The minimum absolute atomic E-state index is 0.825. The Balaban J connectivity index is 1.59. The molecule has 0 unspecified atom stereocenters. The summed E-state index contributed by atoms with van der Waals surface area (Å²) in [6.07, 6.45) is 7.50. The lowest BCUT2D eigenvalue weighted by molar-refractivity contribution is 0.245. The Labute approximate surface area is 104 Å². The molecule has 1 saturated carbocycles. The zero-order valence-corrected chi connectivity index (χ0v) is 11.0. The fourth-order valence-electron chi connectivity index (χ4n) is 2.57. The smallest absolute Gasteiger partial charge is 0.103 e. The quantitative estimate of drug-likeness (QED) is 0.739. The third-order valence-electron chi connectivity index (χ3n) is 3.66. The number of aryl methyl sites for hydroxylation is 1. The third-order valence-corrected chi connectivity index (χ3v) is 3.66. The van der Waals surface area contributed by atoms with Gasteiger partial charge < -0.3 is 15.2 Å². The fourth-order valence-corrected chi connectivity index (χ4v) is 2.57. The number of likely N-dealkylation sites (N-methyl/N-ethyl adjacent to an activating group) is 1. The summed E-state index contributed by atoms with van der Waals surface area (Å²) in [4.78, 5) is 9.92. The number of imidazole rings is 1. The van der Waals surface area contributed by atoms with Crippen LogP contribution in [0.2, 0.25) is 0 Å². The van der Waals surface area contributed by atoms with Gasteiger partial charge in [-0.3, -0.25) is 0 Å². The van der Waals surface area contributed by atoms with Crippen LogP contribution >= 0.6 is 0 Å². The highest BCUT2D eigenvalue weighted by Crippen LogP contribution is 2.21. The molecule has 1 aromatic rings. The lowest BCUT2D eigenvalue weighted by atomic mass is 10.2. The van der Waals surface area contributed by atoms with E-state index in [1.165, 1.54) is 31.4 Å². The van der Waals surface area contributed by atoms with E-state index in [1.807, 2.05) is 13.1 Å². The van der Waals surface area contributed by atoms with E-state index in [-0.39, 0.29) is 0 Å². The summed E-state index contributed by atoms with van der Waals surface area (Å²) in [5, 5.41) is 3.46. The summed E-state index contributed by atoms with van der Waals surface area (Å²) in [6, 6.07) is 0.825. The van der Waals surface area contributed by atoms with Gasteiger partial charge in [0, 0.05) is 37.6 Å². The number of nitrogens with zero attached hydrogens (tertiary/aromatic N) is 2. The molecule has 1 aromatic heterocycles. The van der Waals surface area contributed by atoms with E-state index in [1.54, 1.807) is 0 Å². The molecule has 0 radical (unpaired) electrons. The Morgan fingerprint density at radius 3 is 2.88 bits per heavy atom. The fraction of sp³-hybridized carbons (Fsp3) is 0.769. The van der Waals surface area contributed by atoms with Crippen molar-refractivity contribution in [2.45, 2.75) is 45.2 Å². The molecule has 0 bridgehead atoms. The lowest BCUT2D eigenvalue weighted by Gasteiger charge is -2.23. The molecule has 0 amide bonds. The molecule has 2 rings (SSSR count). The van der Waals surface area contributed by atoms with Gasteiger partial charge in [-0.25, -0.2) is 4.98 Å². The Morgan fingerprint density at radius 2 is 2.24 bits per heavy atom. The van der Waals surface area contributed by atoms with Crippen molar-refractivity contribution in [2.24, 2.45) is 0 Å². The van der Waals surface area contributed by atoms with Gasteiger partial charge in [0.25, 0.3) is 0 Å². The molecule has 0 spiro atoms. The van der Waals surface area contributed by atoms with Crippen LogP contribution in [-0.4, -0.2) is 41.0 Å². The van der Waals surface area contributed by atoms with Crippen LogP contribution in [0, 0.1) is 6.92 Å². The van der Waals surface area contributed by atoms with Gasteiger partial charge >= 0.3 is 0 Å². The average molecular weight is 236 g/mol. The zero-order valence-electron chi connectivity index (χ0n) is 11.0. The number of aromatic nitrogens is 2. The molecular weight excluding hydrogens is 212 g/mol. The van der Waals surface area contributed by atoms with E-state index >= 15 is 0 Å². The van der Waals surface area contributed by atoms with Crippen molar-refractivity contribution in [1.29, 1.82) is 0 Å². The predicted octanol–water partition coefficient (Wildman–Crippen LogP) is 1.68. The van der Waals surface area contributed by atoms with Gasteiger partial charge in [0.15, 0.2) is 0 Å². The Bertz CT molecular complexity index is 328. The van der Waals surface area contributed by atoms with Crippen LogP contribution in [0.3, 0.4) is 0 Å². The summed E-state index contributed by atoms with van der Waals surface area (Å²) >= 11 is 0. The van der Waals surface area contributed by atoms with Crippen molar-refractivity contribution in [1.82, 2.24) is 20.2 Å². The lowest BCUT2D eigenvalue weighted by Crippen LogP contribution is -2.35. The second-order valence-electron chi connectivity index (χ2n) is 5.09. The number of nitrogens with one attached hydrogen (secondary N) is 2. The van der Waals surface area contributed by atoms with E-state index < -0.39 is 0 Å². The van der Waals surface area contributed by atoms with Crippen LogP contribution in [0.25, 0.3) is 0 Å². The zero-order chi connectivity index (χ0) is 12.1. The topological polar surface area (TPSA) is 44.0 Å². The molecule has 1 aliphatic rings. The minimum Gasteiger partial charge on any atom is -0.345 e. The van der Waals surface area contributed by atoms with Gasteiger partial charge in [0.1, 0.15) is 5.82 Å².